The molecule has 1 heterocycles. The van der Waals surface area contributed by atoms with E-state index >= 15 is 0 Å². The highest BCUT2D eigenvalue weighted by Gasteiger charge is 2.36. The molecule has 1 atom stereocenters. The summed E-state index contributed by atoms with van der Waals surface area (Å²) < 4.78 is 31.1. The second kappa shape index (κ2) is 13.5. The SMILES string of the molecule is COC(=O)C(Cc1ccc(OCCN(C)c2nc3ccccc3o2)cc1)N(C(=O)C1CCCCC1)c1cccc(F)c1. The van der Waals surface area contributed by atoms with Crippen molar-refractivity contribution in [3.63, 3.8) is 0 Å². The Bertz CT molecular complexity index is 1470. The van der Waals surface area contributed by atoms with Crippen molar-refractivity contribution in [1.82, 2.24) is 4.98 Å². The lowest BCUT2D eigenvalue weighted by Crippen LogP contribution is -2.50. The van der Waals surface area contributed by atoms with Crippen LogP contribution in [0.3, 0.4) is 0 Å². The summed E-state index contributed by atoms with van der Waals surface area (Å²) in [5, 5.41) is 0. The number of carbonyl (C=O) groups excluding carboxylic acids is 2. The molecule has 3 aromatic carbocycles. The predicted octanol–water partition coefficient (Wildman–Crippen LogP) is 6.18. The number of esters is 1. The third-order valence-corrected chi connectivity index (χ3v) is 7.72. The molecule has 8 nitrogen and oxygen atoms in total. The zero-order chi connectivity index (χ0) is 29.5. The van der Waals surface area contributed by atoms with Crippen LogP contribution in [-0.2, 0) is 20.7 Å². The Hall–Kier alpha value is -4.40. The van der Waals surface area contributed by atoms with E-state index in [1.165, 1.54) is 24.1 Å². The zero-order valence-corrected chi connectivity index (χ0v) is 24.0. The third kappa shape index (κ3) is 6.90. The number of benzene rings is 3. The van der Waals surface area contributed by atoms with Gasteiger partial charge in [-0.3, -0.25) is 9.69 Å². The van der Waals surface area contributed by atoms with E-state index in [0.29, 0.717) is 30.6 Å². The molecule has 0 N–H and O–H groups in total. The topological polar surface area (TPSA) is 85.1 Å². The quantitative estimate of drug-likeness (QED) is 0.198. The second-order valence-corrected chi connectivity index (χ2v) is 10.6. The van der Waals surface area contributed by atoms with Crippen LogP contribution in [0.15, 0.2) is 77.2 Å². The predicted molar refractivity (Wildman–Crippen MR) is 159 cm³/mol. The molecule has 1 saturated carbocycles. The summed E-state index contributed by atoms with van der Waals surface area (Å²) in [7, 11) is 3.20. The molecule has 0 spiro atoms. The number of carbonyl (C=O) groups is 2. The first-order valence-corrected chi connectivity index (χ1v) is 14.4. The summed E-state index contributed by atoms with van der Waals surface area (Å²) in [5.41, 5.74) is 2.71. The minimum absolute atomic E-state index is 0.168. The van der Waals surface area contributed by atoms with Crippen LogP contribution in [0.2, 0.25) is 0 Å². The monoisotopic (exact) mass is 573 g/mol. The number of rotatable bonds is 11. The Morgan fingerprint density at radius 3 is 2.50 bits per heavy atom. The zero-order valence-electron chi connectivity index (χ0n) is 24.0. The van der Waals surface area contributed by atoms with Crippen molar-refractivity contribution >= 4 is 34.7 Å². The van der Waals surface area contributed by atoms with Gasteiger partial charge in [-0.2, -0.15) is 4.98 Å². The smallest absolute Gasteiger partial charge is 0.329 e. The van der Waals surface area contributed by atoms with Gasteiger partial charge in [0.05, 0.1) is 13.7 Å². The molecule has 9 heteroatoms. The van der Waals surface area contributed by atoms with E-state index < -0.39 is 17.8 Å². The van der Waals surface area contributed by atoms with Gasteiger partial charge < -0.3 is 18.8 Å². The Balaban J connectivity index is 1.27. The first-order valence-electron chi connectivity index (χ1n) is 14.4. The molecule has 4 aromatic rings. The number of oxazole rings is 1. The number of para-hydroxylation sites is 2. The van der Waals surface area contributed by atoms with Crippen molar-refractivity contribution < 1.29 is 27.9 Å². The van der Waals surface area contributed by atoms with Gasteiger partial charge in [0.15, 0.2) is 5.58 Å². The van der Waals surface area contributed by atoms with Gasteiger partial charge in [0.1, 0.15) is 29.7 Å². The molecule has 42 heavy (non-hydrogen) atoms. The molecule has 1 aliphatic rings. The van der Waals surface area contributed by atoms with E-state index in [1.54, 1.807) is 12.1 Å². The lowest BCUT2D eigenvalue weighted by atomic mass is 9.87. The fraction of sp³-hybridized carbons (Fsp3) is 0.364. The number of halogens is 1. The standard InChI is InChI=1S/C33H36FN3O5/c1-36(33-35-28-13-6-7-14-30(28)42-33)19-20-41-27-17-15-23(16-18-27)21-29(32(39)40-2)37(26-12-8-11-25(34)22-26)31(38)24-9-4-3-5-10-24/h6-8,11-18,22,24,29H,3-5,9-10,19-21H2,1-2H3. The average Bonchev–Trinajstić information content (AvgIpc) is 3.46. The van der Waals surface area contributed by atoms with Crippen molar-refractivity contribution in [1.29, 1.82) is 0 Å². The molecule has 0 bridgehead atoms. The van der Waals surface area contributed by atoms with Gasteiger partial charge >= 0.3 is 5.97 Å². The molecule has 0 aliphatic heterocycles. The van der Waals surface area contributed by atoms with Gasteiger partial charge in [0, 0.05) is 25.1 Å². The van der Waals surface area contributed by atoms with Gasteiger partial charge in [0.2, 0.25) is 5.91 Å². The van der Waals surface area contributed by atoms with Crippen LogP contribution >= 0.6 is 0 Å². The Labute approximate surface area is 245 Å². The van der Waals surface area contributed by atoms with Crippen molar-refractivity contribution in [3.8, 4) is 5.75 Å². The van der Waals surface area contributed by atoms with Crippen LogP contribution < -0.4 is 14.5 Å². The van der Waals surface area contributed by atoms with E-state index in [-0.39, 0.29) is 18.2 Å². The molecule has 5 rings (SSSR count). The summed E-state index contributed by atoms with van der Waals surface area (Å²) in [6.45, 7) is 0.966. The minimum Gasteiger partial charge on any atom is -0.492 e. The maximum Gasteiger partial charge on any atom is 0.329 e. The highest BCUT2D eigenvalue weighted by atomic mass is 19.1. The van der Waals surface area contributed by atoms with Crippen LogP contribution in [0, 0.1) is 11.7 Å². The number of nitrogens with zero attached hydrogens (tertiary/aromatic N) is 3. The van der Waals surface area contributed by atoms with Crippen LogP contribution in [0.5, 0.6) is 5.75 Å². The van der Waals surface area contributed by atoms with Gasteiger partial charge in [-0.1, -0.05) is 49.6 Å². The lowest BCUT2D eigenvalue weighted by Gasteiger charge is -2.34. The maximum atomic E-state index is 14.3. The molecule has 220 valence electrons. The second-order valence-electron chi connectivity index (χ2n) is 10.6. The van der Waals surface area contributed by atoms with E-state index in [9.17, 15) is 14.0 Å². The maximum absolute atomic E-state index is 14.3. The number of fused-ring (bicyclic) bond motifs is 1. The molecule has 1 unspecified atom stereocenters. The number of likely N-dealkylation sites (N-methyl/N-ethyl adjacent to an activating group) is 1. The minimum atomic E-state index is -0.942. The number of hydrogen-bond donors (Lipinski definition) is 0. The Morgan fingerprint density at radius 2 is 1.79 bits per heavy atom. The van der Waals surface area contributed by atoms with E-state index in [0.717, 1.165) is 48.8 Å². The first-order chi connectivity index (χ1) is 20.4. The Kier molecular flexibility index (Phi) is 9.36. The third-order valence-electron chi connectivity index (χ3n) is 7.72. The Morgan fingerprint density at radius 1 is 1.02 bits per heavy atom. The van der Waals surface area contributed by atoms with Gasteiger partial charge in [-0.25, -0.2) is 9.18 Å². The number of aromatic nitrogens is 1. The lowest BCUT2D eigenvalue weighted by molar-refractivity contribution is -0.144. The number of methoxy groups -OCH3 is 1. The van der Waals surface area contributed by atoms with E-state index in [1.807, 2.05) is 60.5 Å². The normalized spacial score (nSPS) is 14.4. The molecule has 1 fully saturated rings. The van der Waals surface area contributed by atoms with Gasteiger partial charge in [0.25, 0.3) is 6.01 Å². The van der Waals surface area contributed by atoms with Crippen LogP contribution in [-0.4, -0.2) is 50.2 Å². The number of anilines is 2. The van der Waals surface area contributed by atoms with Gasteiger partial charge in [-0.05, 0) is 60.9 Å². The van der Waals surface area contributed by atoms with Crippen molar-refractivity contribution in [2.75, 3.05) is 37.1 Å². The highest BCUT2D eigenvalue weighted by molar-refractivity contribution is 6.00. The molecule has 1 aliphatic carbocycles. The van der Waals surface area contributed by atoms with Crippen molar-refractivity contribution in [2.24, 2.45) is 5.92 Å². The fourth-order valence-corrected chi connectivity index (χ4v) is 5.41. The molecule has 0 radical (unpaired) electrons. The highest BCUT2D eigenvalue weighted by Crippen LogP contribution is 2.30. The molecule has 1 aromatic heterocycles. The van der Waals surface area contributed by atoms with Crippen LogP contribution in [0.1, 0.15) is 37.7 Å². The molecular formula is C33H36FN3O5. The van der Waals surface area contributed by atoms with Crippen molar-refractivity contribution in [2.45, 2.75) is 44.6 Å². The van der Waals surface area contributed by atoms with Crippen molar-refractivity contribution in [3.05, 3.63) is 84.2 Å². The number of amides is 1. The summed E-state index contributed by atoms with van der Waals surface area (Å²) in [6, 6.07) is 20.4. The number of hydrogen-bond acceptors (Lipinski definition) is 7. The van der Waals surface area contributed by atoms with Crippen LogP contribution in [0.4, 0.5) is 16.1 Å². The van der Waals surface area contributed by atoms with Crippen LogP contribution in [0.25, 0.3) is 11.1 Å². The fourth-order valence-electron chi connectivity index (χ4n) is 5.41. The summed E-state index contributed by atoms with van der Waals surface area (Å²) in [6.07, 6.45) is 4.73. The number of ether oxygens (including phenoxy) is 2. The molecular weight excluding hydrogens is 537 g/mol. The van der Waals surface area contributed by atoms with Gasteiger partial charge in [-0.15, -0.1) is 0 Å². The van der Waals surface area contributed by atoms with E-state index in [2.05, 4.69) is 4.98 Å². The first kappa shape index (κ1) is 29.1. The van der Waals surface area contributed by atoms with E-state index in [4.69, 9.17) is 13.9 Å². The summed E-state index contributed by atoms with van der Waals surface area (Å²) in [5.74, 6) is -0.733. The molecule has 1 amide bonds. The largest absolute Gasteiger partial charge is 0.492 e. The average molecular weight is 574 g/mol. The summed E-state index contributed by atoms with van der Waals surface area (Å²) >= 11 is 0. The summed E-state index contributed by atoms with van der Waals surface area (Å²) in [4.78, 5) is 34.7. The molecule has 0 saturated heterocycles.